The Balaban J connectivity index is 1.54. The van der Waals surface area contributed by atoms with E-state index in [1.54, 1.807) is 54.6 Å². The van der Waals surface area contributed by atoms with Crippen molar-refractivity contribution in [2.45, 2.75) is 12.8 Å². The molecule has 2 aromatic carbocycles. The van der Waals surface area contributed by atoms with Gasteiger partial charge in [0.05, 0.1) is 5.56 Å². The van der Waals surface area contributed by atoms with Crippen molar-refractivity contribution in [2.75, 3.05) is 11.9 Å². The van der Waals surface area contributed by atoms with E-state index in [9.17, 15) is 14.0 Å². The second-order valence-electron chi connectivity index (χ2n) is 6.00. The maximum Gasteiger partial charge on any atom is 0.341 e. The molecule has 1 amide bonds. The van der Waals surface area contributed by atoms with E-state index in [0.717, 1.165) is 0 Å². The molecule has 1 heterocycles. The molecule has 28 heavy (non-hydrogen) atoms. The average Bonchev–Trinajstić information content (AvgIpc) is 3.14. The molecule has 0 aliphatic rings. The van der Waals surface area contributed by atoms with Crippen molar-refractivity contribution in [2.24, 2.45) is 0 Å². The summed E-state index contributed by atoms with van der Waals surface area (Å²) in [6.07, 6.45) is 0.528. The van der Waals surface area contributed by atoms with Crippen molar-refractivity contribution in [1.82, 2.24) is 0 Å². The number of carboxylic acid groups (broad SMARTS) is 1. The van der Waals surface area contributed by atoms with Crippen molar-refractivity contribution >= 4 is 17.6 Å². The van der Waals surface area contributed by atoms with Gasteiger partial charge < -0.3 is 19.6 Å². The molecule has 0 atom stereocenters. The third-order valence-corrected chi connectivity index (χ3v) is 3.88. The van der Waals surface area contributed by atoms with Gasteiger partial charge in [0.1, 0.15) is 23.1 Å². The van der Waals surface area contributed by atoms with E-state index in [1.165, 1.54) is 6.07 Å². The molecule has 0 aliphatic carbocycles. The molecule has 6 nitrogen and oxygen atoms in total. The highest BCUT2D eigenvalue weighted by Crippen LogP contribution is 2.25. The number of furan rings is 1. The Morgan fingerprint density at radius 2 is 1.89 bits per heavy atom. The summed E-state index contributed by atoms with van der Waals surface area (Å²) >= 11 is 0. The van der Waals surface area contributed by atoms with Crippen molar-refractivity contribution < 1.29 is 28.2 Å². The van der Waals surface area contributed by atoms with Gasteiger partial charge in [-0.2, -0.15) is 0 Å². The van der Waals surface area contributed by atoms with Gasteiger partial charge in [0.2, 0.25) is 5.91 Å². The summed E-state index contributed by atoms with van der Waals surface area (Å²) in [5.41, 5.74) is 0.871. The Kier molecular flexibility index (Phi) is 6.06. The van der Waals surface area contributed by atoms with E-state index in [-0.39, 0.29) is 18.1 Å². The number of hydrogen-bond donors (Lipinski definition) is 2. The molecule has 0 saturated carbocycles. The number of nitrogens with one attached hydrogen (secondary N) is 1. The highest BCUT2D eigenvalue weighted by molar-refractivity contribution is 5.91. The first-order valence-corrected chi connectivity index (χ1v) is 8.59. The first-order chi connectivity index (χ1) is 13.5. The lowest BCUT2D eigenvalue weighted by Crippen LogP contribution is -2.13. The summed E-state index contributed by atoms with van der Waals surface area (Å²) in [5.74, 6) is -0.350. The lowest BCUT2D eigenvalue weighted by molar-refractivity contribution is -0.139. The first-order valence-electron chi connectivity index (χ1n) is 8.59. The van der Waals surface area contributed by atoms with Gasteiger partial charge in [-0.3, -0.25) is 4.79 Å². The number of aliphatic carboxylic acids is 1. The van der Waals surface area contributed by atoms with Crippen LogP contribution in [-0.2, 0) is 16.0 Å². The minimum absolute atomic E-state index is 0.171. The van der Waals surface area contributed by atoms with E-state index < -0.39 is 12.6 Å². The second kappa shape index (κ2) is 8.85. The van der Waals surface area contributed by atoms with Gasteiger partial charge in [-0.1, -0.05) is 18.2 Å². The summed E-state index contributed by atoms with van der Waals surface area (Å²) in [7, 11) is 0. The van der Waals surface area contributed by atoms with Crippen LogP contribution in [0.3, 0.4) is 0 Å². The van der Waals surface area contributed by atoms with Crippen molar-refractivity contribution in [3.63, 3.8) is 0 Å². The minimum atomic E-state index is -1.08. The average molecular weight is 383 g/mol. The number of benzene rings is 2. The molecule has 3 rings (SSSR count). The largest absolute Gasteiger partial charge is 0.482 e. The molecule has 0 bridgehead atoms. The van der Waals surface area contributed by atoms with Crippen LogP contribution < -0.4 is 10.1 Å². The van der Waals surface area contributed by atoms with Crippen LogP contribution in [-0.4, -0.2) is 23.6 Å². The Hall–Kier alpha value is -3.61. The van der Waals surface area contributed by atoms with Crippen LogP contribution in [0.5, 0.6) is 5.75 Å². The summed E-state index contributed by atoms with van der Waals surface area (Å²) in [4.78, 5) is 22.7. The molecular weight excluding hydrogens is 365 g/mol. The summed E-state index contributed by atoms with van der Waals surface area (Å²) in [6.45, 7) is -0.458. The third-order valence-electron chi connectivity index (χ3n) is 3.88. The van der Waals surface area contributed by atoms with Gasteiger partial charge in [-0.15, -0.1) is 0 Å². The van der Waals surface area contributed by atoms with Gasteiger partial charge in [-0.05, 0) is 36.4 Å². The molecular formula is C21H18FNO5. The second-order valence-corrected chi connectivity index (χ2v) is 6.00. The summed E-state index contributed by atoms with van der Waals surface area (Å²) in [6, 6.07) is 16.2. The fraction of sp³-hybridized carbons (Fsp3) is 0.143. The van der Waals surface area contributed by atoms with Crippen LogP contribution in [0.4, 0.5) is 10.1 Å². The molecule has 0 unspecified atom stereocenters. The van der Waals surface area contributed by atoms with Crippen LogP contribution in [0.25, 0.3) is 11.3 Å². The number of ether oxygens (including phenoxy) is 1. The zero-order valence-electron chi connectivity index (χ0n) is 14.9. The number of hydrogen-bond acceptors (Lipinski definition) is 4. The predicted octanol–water partition coefficient (Wildman–Crippen LogP) is 4.12. The first kappa shape index (κ1) is 19.2. The maximum atomic E-state index is 13.8. The Labute approximate surface area is 160 Å². The van der Waals surface area contributed by atoms with Gasteiger partial charge in [0, 0.05) is 24.6 Å². The molecule has 2 N–H and O–H groups in total. The SMILES string of the molecule is O=C(O)COc1cccc(NC(=O)CCc2ccc(-c3ccccc3F)o2)c1. The van der Waals surface area contributed by atoms with Crippen molar-refractivity contribution in [3.05, 3.63) is 72.2 Å². The lowest BCUT2D eigenvalue weighted by atomic mass is 10.1. The summed E-state index contributed by atoms with van der Waals surface area (Å²) in [5, 5.41) is 11.4. The van der Waals surface area contributed by atoms with Crippen molar-refractivity contribution in [1.29, 1.82) is 0 Å². The number of carbonyl (C=O) groups is 2. The number of anilines is 1. The molecule has 0 aliphatic heterocycles. The topological polar surface area (TPSA) is 88.8 Å². The molecule has 0 spiro atoms. The fourth-order valence-electron chi connectivity index (χ4n) is 2.59. The van der Waals surface area contributed by atoms with E-state index in [2.05, 4.69) is 5.32 Å². The molecule has 1 aromatic heterocycles. The number of rotatable bonds is 8. The van der Waals surface area contributed by atoms with Crippen LogP contribution in [0.1, 0.15) is 12.2 Å². The predicted molar refractivity (Wildman–Crippen MR) is 101 cm³/mol. The van der Waals surface area contributed by atoms with Gasteiger partial charge in [0.15, 0.2) is 6.61 Å². The molecule has 0 fully saturated rings. The van der Waals surface area contributed by atoms with Gasteiger partial charge in [-0.25, -0.2) is 9.18 Å². The minimum Gasteiger partial charge on any atom is -0.482 e. The van der Waals surface area contributed by atoms with E-state index in [0.29, 0.717) is 34.9 Å². The maximum absolute atomic E-state index is 13.8. The molecule has 7 heteroatoms. The van der Waals surface area contributed by atoms with Gasteiger partial charge in [0.25, 0.3) is 0 Å². The van der Waals surface area contributed by atoms with Crippen LogP contribution >= 0.6 is 0 Å². The summed E-state index contributed by atoms with van der Waals surface area (Å²) < 4.78 is 24.5. The number of halogens is 1. The molecule has 0 saturated heterocycles. The lowest BCUT2D eigenvalue weighted by Gasteiger charge is -2.07. The van der Waals surface area contributed by atoms with E-state index in [4.69, 9.17) is 14.3 Å². The molecule has 3 aromatic rings. The zero-order valence-corrected chi connectivity index (χ0v) is 14.9. The van der Waals surface area contributed by atoms with E-state index in [1.807, 2.05) is 0 Å². The smallest absolute Gasteiger partial charge is 0.341 e. The number of aryl methyl sites for hydroxylation is 1. The highest BCUT2D eigenvalue weighted by atomic mass is 19.1. The Morgan fingerprint density at radius 3 is 2.68 bits per heavy atom. The highest BCUT2D eigenvalue weighted by Gasteiger charge is 2.11. The molecule has 0 radical (unpaired) electrons. The van der Waals surface area contributed by atoms with Crippen LogP contribution in [0.15, 0.2) is 65.1 Å². The number of amides is 1. The van der Waals surface area contributed by atoms with E-state index >= 15 is 0 Å². The quantitative estimate of drug-likeness (QED) is 0.611. The van der Waals surface area contributed by atoms with Crippen molar-refractivity contribution in [3.8, 4) is 17.1 Å². The van der Waals surface area contributed by atoms with Crippen LogP contribution in [0, 0.1) is 5.82 Å². The fourth-order valence-corrected chi connectivity index (χ4v) is 2.59. The molecule has 144 valence electrons. The number of carboxylic acids is 1. The zero-order chi connectivity index (χ0) is 19.9. The monoisotopic (exact) mass is 383 g/mol. The normalized spacial score (nSPS) is 10.5. The standard InChI is InChI=1S/C21H18FNO5/c22-18-7-2-1-6-17(18)19-10-8-15(28-19)9-11-20(24)23-14-4-3-5-16(12-14)27-13-21(25)26/h1-8,10,12H,9,11,13H2,(H,23,24)(H,25,26). The Bertz CT molecular complexity index is 982. The Morgan fingerprint density at radius 1 is 1.07 bits per heavy atom. The third kappa shape index (κ3) is 5.20. The number of carbonyl (C=O) groups excluding carboxylic acids is 1. The van der Waals surface area contributed by atoms with Gasteiger partial charge >= 0.3 is 5.97 Å². The van der Waals surface area contributed by atoms with Crippen LogP contribution in [0.2, 0.25) is 0 Å².